The number of ether oxygens (including phenoxy) is 3. The van der Waals surface area contributed by atoms with Crippen molar-refractivity contribution < 1.29 is 32.6 Å². The molecule has 8 heteroatoms. The standard InChI is InChI=1S/C16H31O7P/c1-5-19-16(17)14(24(18,21-6-2)22-7-3)12-13(4)23-15-10-8-9-11-20-15/h13-15H,5-12H2,1-4H3. The third-order valence-corrected chi connectivity index (χ3v) is 6.06. The fourth-order valence-electron chi connectivity index (χ4n) is 2.62. The van der Waals surface area contributed by atoms with Gasteiger partial charge in [0.2, 0.25) is 0 Å². The Morgan fingerprint density at radius 2 is 1.83 bits per heavy atom. The van der Waals surface area contributed by atoms with Gasteiger partial charge in [0.15, 0.2) is 11.9 Å². The summed E-state index contributed by atoms with van der Waals surface area (Å²) in [6, 6.07) is 0. The molecule has 3 atom stereocenters. The van der Waals surface area contributed by atoms with Gasteiger partial charge in [-0.25, -0.2) is 0 Å². The Balaban J connectivity index is 2.79. The minimum atomic E-state index is -3.62. The van der Waals surface area contributed by atoms with E-state index in [4.69, 9.17) is 23.3 Å². The van der Waals surface area contributed by atoms with Gasteiger partial charge in [-0.15, -0.1) is 0 Å². The summed E-state index contributed by atoms with van der Waals surface area (Å²) in [6.45, 7) is 8.21. The van der Waals surface area contributed by atoms with Gasteiger partial charge in [-0.1, -0.05) is 0 Å². The Morgan fingerprint density at radius 3 is 2.33 bits per heavy atom. The van der Waals surface area contributed by atoms with Crippen LogP contribution in [0.1, 0.15) is 53.4 Å². The maximum atomic E-state index is 13.0. The van der Waals surface area contributed by atoms with Crippen LogP contribution in [-0.4, -0.2) is 50.4 Å². The predicted octanol–water partition coefficient (Wildman–Crippen LogP) is 3.51. The molecule has 1 aliphatic rings. The Bertz CT molecular complexity index is 399. The molecule has 0 aromatic heterocycles. The monoisotopic (exact) mass is 366 g/mol. The molecule has 142 valence electrons. The Hall–Kier alpha value is -0.460. The normalized spacial score (nSPS) is 21.2. The first kappa shape index (κ1) is 21.6. The van der Waals surface area contributed by atoms with E-state index in [1.165, 1.54) is 0 Å². The van der Waals surface area contributed by atoms with E-state index in [1.54, 1.807) is 20.8 Å². The number of esters is 1. The first-order chi connectivity index (χ1) is 11.5. The van der Waals surface area contributed by atoms with Crippen LogP contribution in [0, 0.1) is 0 Å². The van der Waals surface area contributed by atoms with Crippen molar-refractivity contribution in [2.24, 2.45) is 0 Å². The molecule has 1 heterocycles. The number of rotatable bonds is 11. The van der Waals surface area contributed by atoms with Crippen LogP contribution in [-0.2, 0) is 32.6 Å². The van der Waals surface area contributed by atoms with Gasteiger partial charge in [-0.05, 0) is 53.4 Å². The molecule has 0 N–H and O–H groups in total. The molecule has 1 saturated heterocycles. The van der Waals surface area contributed by atoms with Crippen molar-refractivity contribution in [3.05, 3.63) is 0 Å². The van der Waals surface area contributed by atoms with E-state index in [2.05, 4.69) is 0 Å². The molecule has 7 nitrogen and oxygen atoms in total. The molecule has 0 amide bonds. The SMILES string of the molecule is CCOC(=O)C(CC(C)OC1CCCCO1)P(=O)(OCC)OCC. The smallest absolute Gasteiger partial charge is 0.344 e. The van der Waals surface area contributed by atoms with Gasteiger partial charge in [0.25, 0.3) is 0 Å². The minimum Gasteiger partial charge on any atom is -0.465 e. The highest BCUT2D eigenvalue weighted by Crippen LogP contribution is 2.55. The molecular formula is C16H31O7P. The highest BCUT2D eigenvalue weighted by atomic mass is 31.2. The lowest BCUT2D eigenvalue weighted by molar-refractivity contribution is -0.186. The highest BCUT2D eigenvalue weighted by Gasteiger charge is 2.43. The van der Waals surface area contributed by atoms with E-state index in [0.717, 1.165) is 19.3 Å². The molecular weight excluding hydrogens is 335 g/mol. The zero-order valence-electron chi connectivity index (χ0n) is 15.2. The lowest BCUT2D eigenvalue weighted by atomic mass is 10.2. The number of hydrogen-bond donors (Lipinski definition) is 0. The molecule has 0 saturated carbocycles. The van der Waals surface area contributed by atoms with Crippen molar-refractivity contribution in [3.63, 3.8) is 0 Å². The average Bonchev–Trinajstić information content (AvgIpc) is 2.54. The summed E-state index contributed by atoms with van der Waals surface area (Å²) in [5.41, 5.74) is -1.00. The van der Waals surface area contributed by atoms with Crippen LogP contribution in [0.25, 0.3) is 0 Å². The van der Waals surface area contributed by atoms with Gasteiger partial charge in [0, 0.05) is 6.61 Å². The summed E-state index contributed by atoms with van der Waals surface area (Å²) in [4.78, 5) is 12.3. The second kappa shape index (κ2) is 11.2. The summed E-state index contributed by atoms with van der Waals surface area (Å²) in [7, 11) is -3.62. The van der Waals surface area contributed by atoms with Crippen molar-refractivity contribution in [3.8, 4) is 0 Å². The number of carbonyl (C=O) groups is 1. The molecule has 24 heavy (non-hydrogen) atoms. The van der Waals surface area contributed by atoms with Gasteiger partial charge in [0.1, 0.15) is 0 Å². The van der Waals surface area contributed by atoms with Crippen LogP contribution >= 0.6 is 7.60 Å². The van der Waals surface area contributed by atoms with E-state index >= 15 is 0 Å². The van der Waals surface area contributed by atoms with Crippen LogP contribution in [0.3, 0.4) is 0 Å². The van der Waals surface area contributed by atoms with Crippen molar-refractivity contribution in [2.45, 2.75) is 71.4 Å². The topological polar surface area (TPSA) is 80.3 Å². The maximum Gasteiger partial charge on any atom is 0.344 e. The Labute approximate surface area is 144 Å². The van der Waals surface area contributed by atoms with Gasteiger partial charge in [-0.3, -0.25) is 9.36 Å². The quantitative estimate of drug-likeness (QED) is 0.409. The van der Waals surface area contributed by atoms with Gasteiger partial charge in [-0.2, -0.15) is 0 Å². The first-order valence-electron chi connectivity index (χ1n) is 8.79. The highest BCUT2D eigenvalue weighted by molar-refractivity contribution is 7.55. The number of hydrogen-bond acceptors (Lipinski definition) is 7. The second-order valence-corrected chi connectivity index (χ2v) is 7.84. The summed E-state index contributed by atoms with van der Waals surface area (Å²) >= 11 is 0. The Morgan fingerprint density at radius 1 is 1.17 bits per heavy atom. The van der Waals surface area contributed by atoms with Crippen LogP contribution < -0.4 is 0 Å². The van der Waals surface area contributed by atoms with Gasteiger partial charge < -0.3 is 23.3 Å². The van der Waals surface area contributed by atoms with Crippen molar-refractivity contribution in [2.75, 3.05) is 26.4 Å². The lowest BCUT2D eigenvalue weighted by Gasteiger charge is -2.29. The molecule has 0 bridgehead atoms. The molecule has 0 radical (unpaired) electrons. The van der Waals surface area contributed by atoms with Crippen LogP contribution in [0.15, 0.2) is 0 Å². The molecule has 1 aliphatic heterocycles. The summed E-state index contributed by atoms with van der Waals surface area (Å²) in [5.74, 6) is -0.581. The minimum absolute atomic E-state index is 0.189. The van der Waals surface area contributed by atoms with Crippen LogP contribution in [0.4, 0.5) is 0 Å². The predicted molar refractivity (Wildman–Crippen MR) is 90.0 cm³/mol. The second-order valence-electron chi connectivity index (χ2n) is 5.62. The third-order valence-electron chi connectivity index (χ3n) is 3.64. The van der Waals surface area contributed by atoms with Crippen molar-refractivity contribution in [1.29, 1.82) is 0 Å². The van der Waals surface area contributed by atoms with Crippen LogP contribution in [0.5, 0.6) is 0 Å². The summed E-state index contributed by atoms with van der Waals surface area (Å²) < 4.78 is 40.2. The fraction of sp³-hybridized carbons (Fsp3) is 0.938. The summed E-state index contributed by atoms with van der Waals surface area (Å²) in [6.07, 6.45) is 2.48. The zero-order valence-corrected chi connectivity index (χ0v) is 16.1. The van der Waals surface area contributed by atoms with Gasteiger partial charge >= 0.3 is 13.6 Å². The van der Waals surface area contributed by atoms with E-state index in [-0.39, 0.29) is 38.6 Å². The first-order valence-corrected chi connectivity index (χ1v) is 10.4. The molecule has 0 aliphatic carbocycles. The number of carbonyl (C=O) groups excluding carboxylic acids is 1. The molecule has 1 rings (SSSR count). The van der Waals surface area contributed by atoms with Crippen LogP contribution in [0.2, 0.25) is 0 Å². The van der Waals surface area contributed by atoms with E-state index < -0.39 is 19.2 Å². The average molecular weight is 366 g/mol. The molecule has 0 spiro atoms. The molecule has 1 fully saturated rings. The maximum absolute atomic E-state index is 13.0. The fourth-order valence-corrected chi connectivity index (χ4v) is 4.66. The van der Waals surface area contributed by atoms with Gasteiger partial charge in [0.05, 0.1) is 25.9 Å². The van der Waals surface area contributed by atoms with Crippen molar-refractivity contribution >= 4 is 13.6 Å². The zero-order chi connectivity index (χ0) is 18.0. The Kier molecular flexibility index (Phi) is 10.1. The lowest BCUT2D eigenvalue weighted by Crippen LogP contribution is -2.33. The van der Waals surface area contributed by atoms with E-state index in [0.29, 0.717) is 6.61 Å². The van der Waals surface area contributed by atoms with E-state index in [1.807, 2.05) is 6.92 Å². The largest absolute Gasteiger partial charge is 0.465 e. The van der Waals surface area contributed by atoms with E-state index in [9.17, 15) is 9.36 Å². The third kappa shape index (κ3) is 6.81. The van der Waals surface area contributed by atoms with Crippen molar-refractivity contribution in [1.82, 2.24) is 0 Å². The molecule has 0 aromatic rings. The molecule has 0 aromatic carbocycles. The summed E-state index contributed by atoms with van der Waals surface area (Å²) in [5, 5.41) is 0. The molecule has 3 unspecified atom stereocenters.